The van der Waals surface area contributed by atoms with Crippen LogP contribution in [-0.4, -0.2) is 53.9 Å². The Morgan fingerprint density at radius 1 is 1.15 bits per heavy atom. The quantitative estimate of drug-likeness (QED) is 0.618. The monoisotopic (exact) mass is 370 g/mol. The van der Waals surface area contributed by atoms with Crippen molar-refractivity contribution < 1.29 is 19.1 Å². The Morgan fingerprint density at radius 3 is 2.74 bits per heavy atom. The molecule has 8 heteroatoms. The van der Waals surface area contributed by atoms with Crippen molar-refractivity contribution in [1.29, 1.82) is 0 Å². The van der Waals surface area contributed by atoms with Gasteiger partial charge in [0, 0.05) is 36.9 Å². The van der Waals surface area contributed by atoms with Gasteiger partial charge in [-0.3, -0.25) is 19.7 Å². The van der Waals surface area contributed by atoms with Crippen LogP contribution in [0.2, 0.25) is 0 Å². The highest BCUT2D eigenvalue weighted by atomic mass is 16.5. The van der Waals surface area contributed by atoms with Gasteiger partial charge in [0.1, 0.15) is 17.4 Å². The third-order valence-electron chi connectivity index (χ3n) is 6.11. The number of nitrogens with one attached hydrogen (secondary N) is 3. The molecule has 1 aromatic carbocycles. The summed E-state index contributed by atoms with van der Waals surface area (Å²) >= 11 is 0. The molecule has 3 N–H and O–H groups in total. The van der Waals surface area contributed by atoms with Gasteiger partial charge in [0.15, 0.2) is 0 Å². The maximum Gasteiger partial charge on any atom is 0.255 e. The van der Waals surface area contributed by atoms with Gasteiger partial charge in [-0.05, 0) is 31.6 Å². The first-order valence-corrected chi connectivity index (χ1v) is 9.50. The summed E-state index contributed by atoms with van der Waals surface area (Å²) < 4.78 is 6.38. The minimum absolute atomic E-state index is 0.161. The molecule has 1 aromatic rings. The zero-order chi connectivity index (χ0) is 18.6. The van der Waals surface area contributed by atoms with Crippen molar-refractivity contribution in [2.45, 2.75) is 43.9 Å². The van der Waals surface area contributed by atoms with E-state index in [-0.39, 0.29) is 29.7 Å². The Balaban J connectivity index is 1.43. The molecule has 0 radical (unpaired) electrons. The Bertz CT molecular complexity index is 846. The minimum atomic E-state index is -0.599. The van der Waals surface area contributed by atoms with E-state index in [1.165, 1.54) is 0 Å². The van der Waals surface area contributed by atoms with Crippen LogP contribution in [-0.2, 0) is 16.1 Å². The molecule has 27 heavy (non-hydrogen) atoms. The molecule has 4 heterocycles. The van der Waals surface area contributed by atoms with Gasteiger partial charge < -0.3 is 20.3 Å². The SMILES string of the molecule is O=C1CC[C@H](N2Cc3c(ccc4c3NCC3(CCNCC3)O4)C2=O)C(=O)N1. The summed E-state index contributed by atoms with van der Waals surface area (Å²) in [7, 11) is 0. The Labute approximate surface area is 156 Å². The second-order valence-corrected chi connectivity index (χ2v) is 7.75. The highest BCUT2D eigenvalue weighted by Crippen LogP contribution is 2.43. The lowest BCUT2D eigenvalue weighted by Gasteiger charge is -2.42. The van der Waals surface area contributed by atoms with Crippen LogP contribution >= 0.6 is 0 Å². The summed E-state index contributed by atoms with van der Waals surface area (Å²) in [4.78, 5) is 38.1. The topological polar surface area (TPSA) is 99.8 Å². The van der Waals surface area contributed by atoms with Gasteiger partial charge in [-0.25, -0.2) is 0 Å². The molecule has 3 amide bonds. The molecule has 0 unspecified atom stereocenters. The number of fused-ring (bicyclic) bond motifs is 3. The van der Waals surface area contributed by atoms with E-state index >= 15 is 0 Å². The molecule has 0 saturated carbocycles. The van der Waals surface area contributed by atoms with Gasteiger partial charge in [0.05, 0.1) is 12.2 Å². The van der Waals surface area contributed by atoms with Crippen LogP contribution in [0.15, 0.2) is 12.1 Å². The van der Waals surface area contributed by atoms with Crippen LogP contribution < -0.4 is 20.7 Å². The number of nitrogens with zero attached hydrogens (tertiary/aromatic N) is 1. The maximum absolute atomic E-state index is 12.9. The smallest absolute Gasteiger partial charge is 0.255 e. The van der Waals surface area contributed by atoms with Crippen LogP contribution in [0.5, 0.6) is 5.75 Å². The molecule has 5 rings (SSSR count). The summed E-state index contributed by atoms with van der Waals surface area (Å²) in [5.41, 5.74) is 2.15. The van der Waals surface area contributed by atoms with E-state index in [0.717, 1.165) is 42.9 Å². The third kappa shape index (κ3) is 2.58. The Morgan fingerprint density at radius 2 is 1.96 bits per heavy atom. The number of piperidine rings is 2. The molecular weight excluding hydrogens is 348 g/mol. The second kappa shape index (κ2) is 5.95. The highest BCUT2D eigenvalue weighted by molar-refractivity contribution is 6.06. The number of rotatable bonds is 1. The standard InChI is InChI=1S/C19H22N4O4/c24-15-4-2-13(17(25)22-15)23-9-12-11(18(23)26)1-3-14-16(12)21-10-19(27-14)5-7-20-8-6-19/h1,3,13,20-21H,2,4-10H2,(H,22,24,25)/t13-/m0/s1. The predicted molar refractivity (Wildman–Crippen MR) is 96.4 cm³/mol. The first kappa shape index (κ1) is 16.6. The number of imide groups is 1. The van der Waals surface area contributed by atoms with Gasteiger partial charge in [0.2, 0.25) is 11.8 Å². The van der Waals surface area contributed by atoms with Crippen molar-refractivity contribution in [3.8, 4) is 5.75 Å². The van der Waals surface area contributed by atoms with E-state index < -0.39 is 6.04 Å². The Hall–Kier alpha value is -2.61. The largest absolute Gasteiger partial charge is 0.483 e. The van der Waals surface area contributed by atoms with Gasteiger partial charge in [-0.1, -0.05) is 0 Å². The zero-order valence-corrected chi connectivity index (χ0v) is 15.0. The summed E-state index contributed by atoms with van der Waals surface area (Å²) in [6.07, 6.45) is 2.51. The van der Waals surface area contributed by atoms with Crippen molar-refractivity contribution in [3.05, 3.63) is 23.3 Å². The van der Waals surface area contributed by atoms with Gasteiger partial charge >= 0.3 is 0 Å². The maximum atomic E-state index is 12.9. The predicted octanol–water partition coefficient (Wildman–Crippen LogP) is 0.374. The molecule has 4 aliphatic heterocycles. The normalized spacial score (nSPS) is 26.1. The van der Waals surface area contributed by atoms with E-state index in [9.17, 15) is 14.4 Å². The van der Waals surface area contributed by atoms with Gasteiger partial charge in [0.25, 0.3) is 5.91 Å². The lowest BCUT2D eigenvalue weighted by atomic mass is 9.90. The van der Waals surface area contributed by atoms with Crippen molar-refractivity contribution in [1.82, 2.24) is 15.5 Å². The molecule has 0 aliphatic carbocycles. The van der Waals surface area contributed by atoms with E-state index in [4.69, 9.17) is 4.74 Å². The fourth-order valence-corrected chi connectivity index (χ4v) is 4.58. The number of ether oxygens (including phenoxy) is 1. The number of hydrogen-bond donors (Lipinski definition) is 3. The van der Waals surface area contributed by atoms with E-state index in [1.54, 1.807) is 11.0 Å². The summed E-state index contributed by atoms with van der Waals surface area (Å²) in [5, 5.41) is 9.19. The van der Waals surface area contributed by atoms with E-state index in [2.05, 4.69) is 16.0 Å². The molecule has 1 atom stereocenters. The van der Waals surface area contributed by atoms with Gasteiger partial charge in [-0.2, -0.15) is 0 Å². The molecule has 0 bridgehead atoms. The average Bonchev–Trinajstić information content (AvgIpc) is 2.99. The molecule has 0 aromatic heterocycles. The van der Waals surface area contributed by atoms with Crippen LogP contribution in [0.3, 0.4) is 0 Å². The van der Waals surface area contributed by atoms with Crippen LogP contribution in [0, 0.1) is 0 Å². The van der Waals surface area contributed by atoms with Crippen LogP contribution in [0.25, 0.3) is 0 Å². The lowest BCUT2D eigenvalue weighted by molar-refractivity contribution is -0.136. The molecule has 2 saturated heterocycles. The molecule has 8 nitrogen and oxygen atoms in total. The van der Waals surface area contributed by atoms with Gasteiger partial charge in [-0.15, -0.1) is 0 Å². The molecular formula is C19H22N4O4. The molecule has 2 fully saturated rings. The van der Waals surface area contributed by atoms with Crippen molar-refractivity contribution >= 4 is 23.4 Å². The number of benzene rings is 1. The second-order valence-electron chi connectivity index (χ2n) is 7.75. The van der Waals surface area contributed by atoms with Crippen LogP contribution in [0.4, 0.5) is 5.69 Å². The van der Waals surface area contributed by atoms with Crippen LogP contribution in [0.1, 0.15) is 41.6 Å². The number of carbonyl (C=O) groups excluding carboxylic acids is 3. The number of hydrogen-bond acceptors (Lipinski definition) is 6. The van der Waals surface area contributed by atoms with E-state index in [0.29, 0.717) is 25.1 Å². The third-order valence-corrected chi connectivity index (χ3v) is 6.11. The van der Waals surface area contributed by atoms with Crippen molar-refractivity contribution in [2.24, 2.45) is 0 Å². The Kier molecular flexibility index (Phi) is 3.65. The van der Waals surface area contributed by atoms with Crippen molar-refractivity contribution in [2.75, 3.05) is 25.0 Å². The number of anilines is 1. The zero-order valence-electron chi connectivity index (χ0n) is 15.0. The first-order chi connectivity index (χ1) is 13.1. The van der Waals surface area contributed by atoms with Crippen molar-refractivity contribution in [3.63, 3.8) is 0 Å². The first-order valence-electron chi connectivity index (χ1n) is 9.50. The number of amides is 3. The molecule has 4 aliphatic rings. The van der Waals surface area contributed by atoms with E-state index in [1.807, 2.05) is 6.07 Å². The molecule has 142 valence electrons. The molecule has 1 spiro atoms. The highest BCUT2D eigenvalue weighted by Gasteiger charge is 2.43. The minimum Gasteiger partial charge on any atom is -0.483 e. The summed E-state index contributed by atoms with van der Waals surface area (Å²) in [6.45, 7) is 2.94. The fourth-order valence-electron chi connectivity index (χ4n) is 4.58. The number of carbonyl (C=O) groups is 3. The lowest BCUT2D eigenvalue weighted by Crippen LogP contribution is -2.53. The fraction of sp³-hybridized carbons (Fsp3) is 0.526. The average molecular weight is 370 g/mol. The summed E-state index contributed by atoms with van der Waals surface area (Å²) in [6, 6.07) is 3.05. The summed E-state index contributed by atoms with van der Waals surface area (Å²) in [5.74, 6) is -0.0506.